The lowest BCUT2D eigenvalue weighted by Gasteiger charge is -2.21. The maximum absolute atomic E-state index is 12.9. The standard InChI is InChI=1S/C19H15F3NP/c20-19(21,22)14-11-12-18(17(23)13-14)24(15-7-3-1-4-8-15)16-9-5-2-6-10-16/h1-13H,23H2. The number of nitrogens with two attached hydrogens (primary N) is 1. The van der Waals surface area contributed by atoms with Crippen LogP contribution in [0.15, 0.2) is 78.9 Å². The molecule has 0 bridgehead atoms. The Kier molecular flexibility index (Phi) is 4.59. The molecule has 2 N–H and O–H groups in total. The molecule has 5 heteroatoms. The Morgan fingerprint density at radius 2 is 1.21 bits per heavy atom. The van der Waals surface area contributed by atoms with Gasteiger partial charge in [-0.2, -0.15) is 13.2 Å². The van der Waals surface area contributed by atoms with Crippen molar-refractivity contribution in [1.29, 1.82) is 0 Å². The normalized spacial score (nSPS) is 11.7. The number of rotatable bonds is 3. The lowest BCUT2D eigenvalue weighted by atomic mass is 10.2. The van der Waals surface area contributed by atoms with Crippen molar-refractivity contribution in [2.45, 2.75) is 6.18 Å². The van der Waals surface area contributed by atoms with Crippen molar-refractivity contribution >= 4 is 29.5 Å². The maximum atomic E-state index is 12.9. The molecule has 0 aliphatic rings. The zero-order chi connectivity index (χ0) is 17.2. The largest absolute Gasteiger partial charge is 0.416 e. The van der Waals surface area contributed by atoms with Gasteiger partial charge in [0.2, 0.25) is 0 Å². The van der Waals surface area contributed by atoms with Gasteiger partial charge in [0.15, 0.2) is 0 Å². The summed E-state index contributed by atoms with van der Waals surface area (Å²) in [5.74, 6) is 0. The van der Waals surface area contributed by atoms with Crippen molar-refractivity contribution < 1.29 is 13.2 Å². The lowest BCUT2D eigenvalue weighted by molar-refractivity contribution is -0.137. The van der Waals surface area contributed by atoms with Crippen LogP contribution < -0.4 is 21.6 Å². The van der Waals surface area contributed by atoms with Crippen molar-refractivity contribution in [3.8, 4) is 0 Å². The Morgan fingerprint density at radius 3 is 1.62 bits per heavy atom. The van der Waals surface area contributed by atoms with Gasteiger partial charge in [-0.05, 0) is 30.7 Å². The molecule has 0 aromatic heterocycles. The van der Waals surface area contributed by atoms with Crippen LogP contribution in [0.2, 0.25) is 0 Å². The Bertz CT molecular complexity index is 778. The molecule has 0 fully saturated rings. The molecule has 0 aliphatic heterocycles. The Morgan fingerprint density at radius 1 is 0.708 bits per heavy atom. The van der Waals surface area contributed by atoms with Crippen LogP contribution in [0.25, 0.3) is 0 Å². The van der Waals surface area contributed by atoms with Gasteiger partial charge in [-0.1, -0.05) is 66.7 Å². The van der Waals surface area contributed by atoms with E-state index in [1.54, 1.807) is 0 Å². The molecule has 3 aromatic carbocycles. The van der Waals surface area contributed by atoms with Gasteiger partial charge in [0, 0.05) is 11.0 Å². The van der Waals surface area contributed by atoms with Crippen LogP contribution in [0.4, 0.5) is 18.9 Å². The van der Waals surface area contributed by atoms with Gasteiger partial charge < -0.3 is 5.73 Å². The first-order valence-corrected chi connectivity index (χ1v) is 8.68. The highest BCUT2D eigenvalue weighted by Crippen LogP contribution is 2.37. The van der Waals surface area contributed by atoms with Crippen molar-refractivity contribution in [3.63, 3.8) is 0 Å². The summed E-state index contributed by atoms with van der Waals surface area (Å²) in [5, 5.41) is 2.82. The minimum absolute atomic E-state index is 0.170. The second-order valence-corrected chi connectivity index (χ2v) is 7.46. The molecule has 0 saturated carbocycles. The van der Waals surface area contributed by atoms with E-state index in [1.165, 1.54) is 6.07 Å². The fourth-order valence-electron chi connectivity index (χ4n) is 2.52. The topological polar surface area (TPSA) is 26.0 Å². The van der Waals surface area contributed by atoms with Crippen molar-refractivity contribution in [3.05, 3.63) is 84.4 Å². The van der Waals surface area contributed by atoms with Crippen molar-refractivity contribution in [2.24, 2.45) is 0 Å². The fraction of sp³-hybridized carbons (Fsp3) is 0.0526. The third-order valence-corrected chi connectivity index (χ3v) is 6.14. The van der Waals surface area contributed by atoms with E-state index in [-0.39, 0.29) is 5.69 Å². The summed E-state index contributed by atoms with van der Waals surface area (Å²) >= 11 is 0. The third-order valence-electron chi connectivity index (χ3n) is 3.62. The Balaban J connectivity index is 2.14. The van der Waals surface area contributed by atoms with E-state index < -0.39 is 19.7 Å². The molecular formula is C19H15F3NP. The molecule has 122 valence electrons. The van der Waals surface area contributed by atoms with E-state index in [9.17, 15) is 13.2 Å². The summed E-state index contributed by atoms with van der Waals surface area (Å²) in [6, 6.07) is 23.1. The summed E-state index contributed by atoms with van der Waals surface area (Å²) < 4.78 is 38.7. The highest BCUT2D eigenvalue weighted by atomic mass is 31.1. The molecule has 0 spiro atoms. The van der Waals surface area contributed by atoms with Crippen LogP contribution in [-0.4, -0.2) is 0 Å². The van der Waals surface area contributed by atoms with Crippen LogP contribution in [0, 0.1) is 0 Å². The average Bonchev–Trinajstić information content (AvgIpc) is 2.58. The molecule has 3 rings (SSSR count). The molecule has 0 saturated heterocycles. The predicted octanol–water partition coefficient (Wildman–Crippen LogP) is 4.05. The predicted molar refractivity (Wildman–Crippen MR) is 94.6 cm³/mol. The van der Waals surface area contributed by atoms with Gasteiger partial charge in [0.25, 0.3) is 0 Å². The summed E-state index contributed by atoms with van der Waals surface area (Å²) in [4.78, 5) is 0. The molecule has 24 heavy (non-hydrogen) atoms. The first-order valence-electron chi connectivity index (χ1n) is 7.34. The van der Waals surface area contributed by atoms with Gasteiger partial charge >= 0.3 is 6.18 Å². The number of nitrogen functional groups attached to an aromatic ring is 1. The van der Waals surface area contributed by atoms with E-state index in [0.29, 0.717) is 0 Å². The third kappa shape index (κ3) is 3.44. The SMILES string of the molecule is Nc1cc(C(F)(F)F)ccc1P(c1ccccc1)c1ccccc1. The van der Waals surface area contributed by atoms with Gasteiger partial charge in [-0.15, -0.1) is 0 Å². The van der Waals surface area contributed by atoms with Crippen LogP contribution in [-0.2, 0) is 6.18 Å². The maximum Gasteiger partial charge on any atom is 0.416 e. The molecule has 3 aromatic rings. The molecule has 0 radical (unpaired) electrons. The summed E-state index contributed by atoms with van der Waals surface area (Å²) in [5.41, 5.74) is 5.46. The van der Waals surface area contributed by atoms with E-state index in [1.807, 2.05) is 60.7 Å². The molecule has 0 unspecified atom stereocenters. The number of alkyl halides is 3. The van der Waals surface area contributed by atoms with Crippen LogP contribution in [0.3, 0.4) is 0 Å². The smallest absolute Gasteiger partial charge is 0.398 e. The Labute approximate surface area is 139 Å². The molecular weight excluding hydrogens is 330 g/mol. The highest BCUT2D eigenvalue weighted by molar-refractivity contribution is 7.80. The summed E-state index contributed by atoms with van der Waals surface area (Å²) in [6.45, 7) is 0. The first kappa shape index (κ1) is 16.5. The van der Waals surface area contributed by atoms with Crippen LogP contribution in [0.1, 0.15) is 5.56 Å². The quantitative estimate of drug-likeness (QED) is 0.563. The number of benzene rings is 3. The summed E-state index contributed by atoms with van der Waals surface area (Å²) in [6.07, 6.45) is -4.39. The van der Waals surface area contributed by atoms with E-state index >= 15 is 0 Å². The van der Waals surface area contributed by atoms with Crippen LogP contribution >= 0.6 is 7.92 Å². The zero-order valence-electron chi connectivity index (χ0n) is 12.7. The highest BCUT2D eigenvalue weighted by Gasteiger charge is 2.31. The fourth-order valence-corrected chi connectivity index (χ4v) is 4.86. The first-order chi connectivity index (χ1) is 11.5. The molecule has 0 heterocycles. The minimum Gasteiger partial charge on any atom is -0.398 e. The van der Waals surface area contributed by atoms with Crippen molar-refractivity contribution in [1.82, 2.24) is 0 Å². The summed E-state index contributed by atoms with van der Waals surface area (Å²) in [7, 11) is -1.01. The van der Waals surface area contributed by atoms with E-state index in [0.717, 1.165) is 28.0 Å². The monoisotopic (exact) mass is 345 g/mol. The number of hydrogen-bond acceptors (Lipinski definition) is 1. The van der Waals surface area contributed by atoms with Gasteiger partial charge in [0.05, 0.1) is 5.56 Å². The molecule has 0 atom stereocenters. The van der Waals surface area contributed by atoms with E-state index in [4.69, 9.17) is 5.73 Å². The van der Waals surface area contributed by atoms with Gasteiger partial charge in [0.1, 0.15) is 0 Å². The second kappa shape index (κ2) is 6.66. The molecule has 0 aliphatic carbocycles. The van der Waals surface area contributed by atoms with Crippen LogP contribution in [0.5, 0.6) is 0 Å². The number of halogens is 3. The molecule has 0 amide bonds. The van der Waals surface area contributed by atoms with E-state index in [2.05, 4.69) is 0 Å². The number of anilines is 1. The zero-order valence-corrected chi connectivity index (χ0v) is 13.6. The second-order valence-electron chi connectivity index (χ2n) is 5.28. The average molecular weight is 345 g/mol. The molecule has 1 nitrogen and oxygen atoms in total. The Hall–Kier alpha value is -2.32. The van der Waals surface area contributed by atoms with Gasteiger partial charge in [-0.25, -0.2) is 0 Å². The lowest BCUT2D eigenvalue weighted by Crippen LogP contribution is -2.23. The van der Waals surface area contributed by atoms with Gasteiger partial charge in [-0.3, -0.25) is 0 Å². The van der Waals surface area contributed by atoms with Crippen molar-refractivity contribution in [2.75, 3.05) is 5.73 Å². The minimum atomic E-state index is -4.39. The number of hydrogen-bond donors (Lipinski definition) is 1.